The van der Waals surface area contributed by atoms with Gasteiger partial charge in [0.15, 0.2) is 0 Å². The van der Waals surface area contributed by atoms with Crippen molar-refractivity contribution >= 4 is 47.0 Å². The zero-order valence-electron chi connectivity index (χ0n) is 14.3. The fourth-order valence-corrected chi connectivity index (χ4v) is 4.17. The minimum Gasteiger partial charge on any atom is -0.480 e. The second-order valence-corrected chi connectivity index (χ2v) is 7.20. The summed E-state index contributed by atoms with van der Waals surface area (Å²) >= 11 is 12.5. The predicted molar refractivity (Wildman–Crippen MR) is 104 cm³/mol. The fourth-order valence-electron chi connectivity index (χ4n) is 3.53. The van der Waals surface area contributed by atoms with Gasteiger partial charge in [0.1, 0.15) is 6.04 Å². The summed E-state index contributed by atoms with van der Waals surface area (Å²) in [5.41, 5.74) is 4.05. The molecule has 0 saturated heterocycles. The molecule has 0 unspecified atom stereocenters. The number of non-ortho nitro benzene ring substituents is 1. The molecule has 1 aliphatic rings. The first-order chi connectivity index (χ1) is 13.3. The first-order valence-electron chi connectivity index (χ1n) is 8.26. The van der Waals surface area contributed by atoms with Crippen LogP contribution in [0.3, 0.4) is 0 Å². The lowest BCUT2D eigenvalue weighted by atomic mass is 9.82. The molecule has 28 heavy (non-hydrogen) atoms. The van der Waals surface area contributed by atoms with E-state index in [1.165, 1.54) is 23.2 Å². The molecule has 2 aromatic carbocycles. The van der Waals surface area contributed by atoms with Crippen molar-refractivity contribution in [3.63, 3.8) is 0 Å². The Morgan fingerprint density at radius 1 is 1.36 bits per heavy atom. The first-order valence-corrected chi connectivity index (χ1v) is 9.01. The molecule has 0 aliphatic carbocycles. The van der Waals surface area contributed by atoms with E-state index in [2.05, 4.69) is 5.43 Å². The van der Waals surface area contributed by atoms with Gasteiger partial charge in [-0.1, -0.05) is 35.3 Å². The molecular weight excluding hydrogens is 409 g/mol. The number of hydrogen-bond acceptors (Lipinski definition) is 5. The van der Waals surface area contributed by atoms with Crippen LogP contribution in [0.2, 0.25) is 10.0 Å². The number of halogens is 2. The summed E-state index contributed by atoms with van der Waals surface area (Å²) in [5, 5.41) is 22.5. The lowest BCUT2D eigenvalue weighted by Gasteiger charge is -2.39. The molecule has 0 fully saturated rings. The molecule has 146 valence electrons. The van der Waals surface area contributed by atoms with Gasteiger partial charge in [-0.25, -0.2) is 4.79 Å². The van der Waals surface area contributed by atoms with Crippen molar-refractivity contribution in [2.75, 3.05) is 5.01 Å². The molecule has 3 rings (SSSR count). The molecule has 1 aliphatic heterocycles. The topological polar surface area (TPSA) is 113 Å². The summed E-state index contributed by atoms with van der Waals surface area (Å²) in [5.74, 6) is -1.47. The normalized spacial score (nSPS) is 18.3. The van der Waals surface area contributed by atoms with Crippen molar-refractivity contribution in [3.8, 4) is 0 Å². The van der Waals surface area contributed by atoms with Crippen LogP contribution in [0.1, 0.15) is 23.5 Å². The fraction of sp³-hybridized carbons (Fsp3) is 0.222. The highest BCUT2D eigenvalue weighted by Crippen LogP contribution is 2.45. The summed E-state index contributed by atoms with van der Waals surface area (Å²) in [6.45, 7) is 0. The van der Waals surface area contributed by atoms with Crippen molar-refractivity contribution < 1.29 is 19.6 Å². The van der Waals surface area contributed by atoms with Crippen LogP contribution in [0.15, 0.2) is 36.4 Å². The van der Waals surface area contributed by atoms with E-state index in [9.17, 15) is 24.8 Å². The number of hydrogen-bond donors (Lipinski definition) is 2. The van der Waals surface area contributed by atoms with Gasteiger partial charge in [-0.2, -0.15) is 0 Å². The van der Waals surface area contributed by atoms with Gasteiger partial charge in [-0.05, 0) is 42.0 Å². The Balaban J connectivity index is 2.07. The lowest BCUT2D eigenvalue weighted by Crippen LogP contribution is -2.53. The Bertz CT molecular complexity index is 953. The molecule has 2 atom stereocenters. The van der Waals surface area contributed by atoms with Crippen LogP contribution in [0.4, 0.5) is 11.4 Å². The number of carboxylic acids is 1. The number of carbonyl (C=O) groups is 2. The van der Waals surface area contributed by atoms with Gasteiger partial charge in [0.25, 0.3) is 5.69 Å². The van der Waals surface area contributed by atoms with Crippen LogP contribution in [0.5, 0.6) is 0 Å². The SMILES string of the molecule is O=CNN1c2cc(Cl)cc(Cl)c2[C@H](Cc2cccc([N+](=O)[O-])c2)C[C@H]1C(=O)O. The Hall–Kier alpha value is -2.84. The number of nitro groups is 1. The maximum absolute atomic E-state index is 11.8. The van der Waals surface area contributed by atoms with Gasteiger partial charge in [-0.3, -0.25) is 25.3 Å². The van der Waals surface area contributed by atoms with Crippen LogP contribution in [-0.4, -0.2) is 28.5 Å². The molecule has 0 aromatic heterocycles. The first kappa shape index (κ1) is 19.9. The number of benzene rings is 2. The number of nitro benzene ring substituents is 1. The largest absolute Gasteiger partial charge is 0.480 e. The van der Waals surface area contributed by atoms with E-state index in [0.717, 1.165) is 0 Å². The molecule has 2 aromatic rings. The molecule has 0 radical (unpaired) electrons. The third-order valence-electron chi connectivity index (χ3n) is 4.64. The molecule has 10 heteroatoms. The monoisotopic (exact) mass is 423 g/mol. The number of nitrogens with one attached hydrogen (secondary N) is 1. The van der Waals surface area contributed by atoms with Crippen LogP contribution in [0.25, 0.3) is 0 Å². The Morgan fingerprint density at radius 3 is 2.75 bits per heavy atom. The van der Waals surface area contributed by atoms with Crippen LogP contribution < -0.4 is 10.4 Å². The van der Waals surface area contributed by atoms with Crippen LogP contribution >= 0.6 is 23.2 Å². The summed E-state index contributed by atoms with van der Waals surface area (Å²) in [6, 6.07) is 8.20. The third-order valence-corrected chi connectivity index (χ3v) is 5.17. The highest BCUT2D eigenvalue weighted by Gasteiger charge is 2.38. The predicted octanol–water partition coefficient (Wildman–Crippen LogP) is 3.55. The number of nitrogens with zero attached hydrogens (tertiary/aromatic N) is 2. The molecule has 0 saturated carbocycles. The molecule has 0 bridgehead atoms. The van der Waals surface area contributed by atoms with Gasteiger partial charge < -0.3 is 5.11 Å². The minimum atomic E-state index is -1.12. The molecule has 1 amide bonds. The Morgan fingerprint density at radius 2 is 2.11 bits per heavy atom. The summed E-state index contributed by atoms with van der Waals surface area (Å²) in [4.78, 5) is 33.4. The second kappa shape index (κ2) is 8.04. The molecule has 1 heterocycles. The standard InChI is InChI=1S/C18H15Cl2N3O5/c19-12-7-14(20)17-11(4-10-2-1-3-13(5-10)23(27)28)6-16(18(25)26)22(21-9-24)15(17)8-12/h1-3,5,7-9,11,16H,4,6H2,(H,21,24)(H,25,26)/t11-,16+/m1/s1. The highest BCUT2D eigenvalue weighted by atomic mass is 35.5. The van der Waals surface area contributed by atoms with Gasteiger partial charge in [0.05, 0.1) is 10.6 Å². The van der Waals surface area contributed by atoms with Gasteiger partial charge in [0.2, 0.25) is 6.41 Å². The summed E-state index contributed by atoms with van der Waals surface area (Å²) < 4.78 is 0. The molecule has 2 N–H and O–H groups in total. The Kier molecular flexibility index (Phi) is 5.71. The Labute approximate surface area is 169 Å². The van der Waals surface area contributed by atoms with E-state index >= 15 is 0 Å². The highest BCUT2D eigenvalue weighted by molar-refractivity contribution is 6.35. The number of carboxylic acid groups (broad SMARTS) is 1. The average Bonchev–Trinajstić information content (AvgIpc) is 2.63. The summed E-state index contributed by atoms with van der Waals surface area (Å²) in [7, 11) is 0. The van der Waals surface area contributed by atoms with E-state index in [-0.39, 0.29) is 18.0 Å². The smallest absolute Gasteiger partial charge is 0.328 e. The van der Waals surface area contributed by atoms with Crippen molar-refractivity contribution in [2.24, 2.45) is 0 Å². The maximum atomic E-state index is 11.8. The van der Waals surface area contributed by atoms with Crippen LogP contribution in [-0.2, 0) is 16.0 Å². The zero-order valence-corrected chi connectivity index (χ0v) is 15.9. The van der Waals surface area contributed by atoms with E-state index in [4.69, 9.17) is 23.2 Å². The number of fused-ring (bicyclic) bond motifs is 1. The van der Waals surface area contributed by atoms with E-state index in [0.29, 0.717) is 39.7 Å². The van der Waals surface area contributed by atoms with Crippen LogP contribution in [0, 0.1) is 10.1 Å². The average molecular weight is 424 g/mol. The molecule has 0 spiro atoms. The maximum Gasteiger partial charge on any atom is 0.328 e. The van der Waals surface area contributed by atoms with Crippen molar-refractivity contribution in [3.05, 3.63) is 67.7 Å². The van der Waals surface area contributed by atoms with Crippen molar-refractivity contribution in [1.29, 1.82) is 0 Å². The number of rotatable bonds is 6. The van der Waals surface area contributed by atoms with Gasteiger partial charge in [-0.15, -0.1) is 0 Å². The van der Waals surface area contributed by atoms with E-state index in [1.807, 2.05) is 0 Å². The molecular formula is C18H15Cl2N3O5. The number of hydrazine groups is 1. The van der Waals surface area contributed by atoms with Crippen molar-refractivity contribution in [1.82, 2.24) is 5.43 Å². The lowest BCUT2D eigenvalue weighted by molar-refractivity contribution is -0.384. The third kappa shape index (κ3) is 3.88. The summed E-state index contributed by atoms with van der Waals surface area (Å²) in [6.07, 6.45) is 0.872. The van der Waals surface area contributed by atoms with Gasteiger partial charge >= 0.3 is 5.97 Å². The number of amides is 1. The second-order valence-electron chi connectivity index (χ2n) is 6.36. The molecule has 8 nitrogen and oxygen atoms in total. The minimum absolute atomic E-state index is 0.0465. The van der Waals surface area contributed by atoms with Crippen molar-refractivity contribution in [2.45, 2.75) is 24.8 Å². The number of anilines is 1. The quantitative estimate of drug-likeness (QED) is 0.417. The zero-order chi connectivity index (χ0) is 20.4. The van der Waals surface area contributed by atoms with E-state index < -0.39 is 16.9 Å². The van der Waals surface area contributed by atoms with E-state index in [1.54, 1.807) is 18.2 Å². The number of aliphatic carboxylic acids is 1. The van der Waals surface area contributed by atoms with Gasteiger partial charge in [0, 0.05) is 22.2 Å². The number of carbonyl (C=O) groups excluding carboxylic acids is 1.